The number of fused-ring (bicyclic) bond motifs is 1. The number of nitrogens with zero attached hydrogens (tertiary/aromatic N) is 1. The normalized spacial score (nSPS) is 15.2. The van der Waals surface area contributed by atoms with Gasteiger partial charge in [-0.25, -0.2) is 9.59 Å². The van der Waals surface area contributed by atoms with Gasteiger partial charge in [0.1, 0.15) is 11.6 Å². The third kappa shape index (κ3) is 8.23. The van der Waals surface area contributed by atoms with Crippen LogP contribution >= 0.6 is 0 Å². The molecular weight excluding hydrogens is 474 g/mol. The summed E-state index contributed by atoms with van der Waals surface area (Å²) in [5.41, 5.74) is 2.53. The number of anilines is 2. The van der Waals surface area contributed by atoms with Crippen LogP contribution in [0.1, 0.15) is 44.7 Å². The van der Waals surface area contributed by atoms with E-state index in [1.54, 1.807) is 43.9 Å². The van der Waals surface area contributed by atoms with Gasteiger partial charge in [0.25, 0.3) is 0 Å². The van der Waals surface area contributed by atoms with E-state index < -0.39 is 17.7 Å². The highest BCUT2D eigenvalue weighted by Crippen LogP contribution is 2.29. The average molecular weight is 510 g/mol. The van der Waals surface area contributed by atoms with E-state index in [2.05, 4.69) is 21.3 Å². The molecule has 0 spiro atoms. The van der Waals surface area contributed by atoms with Gasteiger partial charge in [0.2, 0.25) is 11.8 Å². The first-order valence-corrected chi connectivity index (χ1v) is 12.3. The molecule has 10 heteroatoms. The number of nitrogens with one attached hydrogen (secondary N) is 4. The Labute approximate surface area is 217 Å². The number of urea groups is 1. The molecule has 0 aliphatic carbocycles. The lowest BCUT2D eigenvalue weighted by Crippen LogP contribution is -2.48. The van der Waals surface area contributed by atoms with Crippen LogP contribution < -0.4 is 26.2 Å². The van der Waals surface area contributed by atoms with E-state index in [1.807, 2.05) is 30.3 Å². The number of rotatable bonds is 7. The van der Waals surface area contributed by atoms with Gasteiger partial charge in [0.05, 0.1) is 6.54 Å². The topological polar surface area (TPSA) is 129 Å². The van der Waals surface area contributed by atoms with Crippen molar-refractivity contribution in [1.82, 2.24) is 16.0 Å². The Morgan fingerprint density at radius 2 is 1.84 bits per heavy atom. The summed E-state index contributed by atoms with van der Waals surface area (Å²) in [6.07, 6.45) is 0.582. The molecule has 1 atom stereocenters. The van der Waals surface area contributed by atoms with Crippen molar-refractivity contribution in [2.24, 2.45) is 0 Å². The molecule has 37 heavy (non-hydrogen) atoms. The summed E-state index contributed by atoms with van der Waals surface area (Å²) in [6.45, 7) is 5.79. The van der Waals surface area contributed by atoms with Crippen LogP contribution in [0.3, 0.4) is 0 Å². The summed E-state index contributed by atoms with van der Waals surface area (Å²) in [6, 6.07) is 13.8. The van der Waals surface area contributed by atoms with Crippen LogP contribution in [0.5, 0.6) is 0 Å². The maximum atomic E-state index is 13.6. The van der Waals surface area contributed by atoms with Gasteiger partial charge in [0.15, 0.2) is 0 Å². The maximum absolute atomic E-state index is 13.6. The standard InChI is InChI=1S/C27H35N5O5/c1-27(2,3)37-26(36)30-20-10-7-8-18(16-20)17-32-22-11-6-5-9-19(22)12-13-21(24(32)34)31-23(33)14-15-29-25(35)28-4/h5-11,16,21H,12-15,17H2,1-4H3,(H,30,36)(H,31,33)(H2,28,29,35). The van der Waals surface area contributed by atoms with Gasteiger partial charge in [-0.2, -0.15) is 0 Å². The largest absolute Gasteiger partial charge is 0.444 e. The van der Waals surface area contributed by atoms with E-state index in [1.165, 1.54) is 7.05 Å². The van der Waals surface area contributed by atoms with E-state index in [0.29, 0.717) is 18.5 Å². The lowest BCUT2D eigenvalue weighted by atomic mass is 10.1. The Hall–Kier alpha value is -4.08. The Morgan fingerprint density at radius 3 is 2.57 bits per heavy atom. The maximum Gasteiger partial charge on any atom is 0.412 e. The molecule has 1 aliphatic rings. The van der Waals surface area contributed by atoms with Crippen molar-refractivity contribution in [3.63, 3.8) is 0 Å². The number of ether oxygens (including phenoxy) is 1. The highest BCUT2D eigenvalue weighted by Gasteiger charge is 2.31. The van der Waals surface area contributed by atoms with Gasteiger partial charge >= 0.3 is 12.1 Å². The molecule has 0 saturated carbocycles. The molecule has 1 aliphatic heterocycles. The zero-order chi connectivity index (χ0) is 27.0. The van der Waals surface area contributed by atoms with Gasteiger partial charge in [-0.3, -0.25) is 14.9 Å². The molecule has 10 nitrogen and oxygen atoms in total. The summed E-state index contributed by atoms with van der Waals surface area (Å²) in [4.78, 5) is 51.3. The van der Waals surface area contributed by atoms with Crippen LogP contribution in [0.15, 0.2) is 48.5 Å². The quantitative estimate of drug-likeness (QED) is 0.455. The fourth-order valence-electron chi connectivity index (χ4n) is 4.01. The highest BCUT2D eigenvalue weighted by atomic mass is 16.6. The first kappa shape index (κ1) is 27.5. The average Bonchev–Trinajstić information content (AvgIpc) is 2.95. The fraction of sp³-hybridized carbons (Fsp3) is 0.407. The van der Waals surface area contributed by atoms with E-state index >= 15 is 0 Å². The van der Waals surface area contributed by atoms with E-state index in [-0.39, 0.29) is 37.4 Å². The Morgan fingerprint density at radius 1 is 1.08 bits per heavy atom. The van der Waals surface area contributed by atoms with Crippen LogP contribution in [-0.2, 0) is 27.3 Å². The van der Waals surface area contributed by atoms with Crippen molar-refractivity contribution in [1.29, 1.82) is 0 Å². The van der Waals surface area contributed by atoms with E-state index in [9.17, 15) is 19.2 Å². The lowest BCUT2D eigenvalue weighted by Gasteiger charge is -2.27. The van der Waals surface area contributed by atoms with Gasteiger partial charge < -0.3 is 25.6 Å². The van der Waals surface area contributed by atoms with Gasteiger partial charge in [-0.1, -0.05) is 30.3 Å². The van der Waals surface area contributed by atoms with Crippen molar-refractivity contribution < 1.29 is 23.9 Å². The summed E-state index contributed by atoms with van der Waals surface area (Å²) in [7, 11) is 1.50. The minimum atomic E-state index is -0.706. The van der Waals surface area contributed by atoms with Crippen LogP contribution in [0.4, 0.5) is 21.0 Å². The van der Waals surface area contributed by atoms with Crippen LogP contribution in [0, 0.1) is 0 Å². The first-order valence-electron chi connectivity index (χ1n) is 12.3. The van der Waals surface area contributed by atoms with Crippen molar-refractivity contribution in [3.8, 4) is 0 Å². The van der Waals surface area contributed by atoms with Crippen LogP contribution in [0.2, 0.25) is 0 Å². The second-order valence-electron chi connectivity index (χ2n) is 9.80. The number of carbonyl (C=O) groups excluding carboxylic acids is 4. The molecule has 0 radical (unpaired) electrons. The van der Waals surface area contributed by atoms with E-state index in [0.717, 1.165) is 16.8 Å². The van der Waals surface area contributed by atoms with Crippen molar-refractivity contribution >= 4 is 35.3 Å². The predicted octanol–water partition coefficient (Wildman–Crippen LogP) is 3.32. The fourth-order valence-corrected chi connectivity index (χ4v) is 4.01. The highest BCUT2D eigenvalue weighted by molar-refractivity contribution is 6.00. The molecule has 2 aromatic rings. The molecule has 1 heterocycles. The predicted molar refractivity (Wildman–Crippen MR) is 141 cm³/mol. The summed E-state index contributed by atoms with van der Waals surface area (Å²) >= 11 is 0. The minimum Gasteiger partial charge on any atom is -0.444 e. The molecule has 0 aromatic heterocycles. The Bertz CT molecular complexity index is 1140. The molecule has 4 N–H and O–H groups in total. The van der Waals surface area contributed by atoms with Crippen molar-refractivity contribution in [2.45, 2.75) is 58.2 Å². The molecule has 5 amide bonds. The molecule has 2 aromatic carbocycles. The van der Waals surface area contributed by atoms with Gasteiger partial charge in [-0.15, -0.1) is 0 Å². The van der Waals surface area contributed by atoms with E-state index in [4.69, 9.17) is 4.74 Å². The number of carbonyl (C=O) groups is 4. The second-order valence-corrected chi connectivity index (χ2v) is 9.80. The zero-order valence-electron chi connectivity index (χ0n) is 21.7. The number of para-hydroxylation sites is 1. The number of benzene rings is 2. The molecule has 0 bridgehead atoms. The molecule has 1 unspecified atom stereocenters. The van der Waals surface area contributed by atoms with Crippen molar-refractivity contribution in [3.05, 3.63) is 59.7 Å². The van der Waals surface area contributed by atoms with Gasteiger partial charge in [0, 0.05) is 31.4 Å². The molecule has 3 rings (SSSR count). The summed E-state index contributed by atoms with van der Waals surface area (Å²) < 4.78 is 5.33. The summed E-state index contributed by atoms with van der Waals surface area (Å²) in [5.74, 6) is -0.535. The SMILES string of the molecule is CNC(=O)NCCC(=O)NC1CCc2ccccc2N(Cc2cccc(NC(=O)OC(C)(C)C)c2)C1=O. The number of hydrogen-bond donors (Lipinski definition) is 4. The number of aryl methyl sites for hydroxylation is 1. The number of hydrogen-bond acceptors (Lipinski definition) is 5. The van der Waals surface area contributed by atoms with Crippen LogP contribution in [0.25, 0.3) is 0 Å². The molecule has 0 fully saturated rings. The molecule has 0 saturated heterocycles. The van der Waals surface area contributed by atoms with Crippen molar-refractivity contribution in [2.75, 3.05) is 23.8 Å². The van der Waals surface area contributed by atoms with Gasteiger partial charge in [-0.05, 0) is 62.9 Å². The number of amides is 5. The van der Waals surface area contributed by atoms with Crippen LogP contribution in [-0.4, -0.2) is 49.2 Å². The smallest absolute Gasteiger partial charge is 0.412 e. The Kier molecular flexibility index (Phi) is 9.10. The zero-order valence-corrected chi connectivity index (χ0v) is 21.7. The second kappa shape index (κ2) is 12.2. The monoisotopic (exact) mass is 509 g/mol. The molecular formula is C27H35N5O5. The summed E-state index contributed by atoms with van der Waals surface area (Å²) in [5, 5.41) is 10.6. The minimum absolute atomic E-state index is 0.0581. The lowest BCUT2D eigenvalue weighted by molar-refractivity contribution is -0.127. The molecule has 198 valence electrons. The first-order chi connectivity index (χ1) is 17.6. The third-order valence-electron chi connectivity index (χ3n) is 5.66. The third-order valence-corrected chi connectivity index (χ3v) is 5.66. The Balaban J connectivity index is 1.75.